The van der Waals surface area contributed by atoms with Crippen LogP contribution in [-0.4, -0.2) is 35.7 Å². The second kappa shape index (κ2) is 10.8. The number of nitrogens with one attached hydrogen (secondary N) is 1. The van der Waals surface area contributed by atoms with Crippen LogP contribution in [0.5, 0.6) is 0 Å². The average Bonchev–Trinajstić information content (AvgIpc) is 3.73. The van der Waals surface area contributed by atoms with Crippen molar-refractivity contribution in [1.29, 1.82) is 0 Å². The molecule has 3 heterocycles. The number of hydrogen-bond acceptors (Lipinski definition) is 8. The summed E-state index contributed by atoms with van der Waals surface area (Å²) in [4.78, 5) is 15.1. The normalized spacial score (nSPS) is 11.2. The molecule has 3 aromatic heterocycles. The molecule has 0 bridgehead atoms. The number of nitro benzene ring substituents is 1. The predicted molar refractivity (Wildman–Crippen MR) is 156 cm³/mol. The number of hydrogen-bond donors (Lipinski definition) is 1. The Balaban J connectivity index is 1.29. The average molecular weight is 547 g/mol. The minimum atomic E-state index is -0.422. The zero-order valence-corrected chi connectivity index (χ0v) is 22.1. The van der Waals surface area contributed by atoms with Gasteiger partial charge in [-0.3, -0.25) is 15.5 Å². The van der Waals surface area contributed by atoms with Gasteiger partial charge in [0.1, 0.15) is 5.69 Å². The number of nitro groups is 1. The monoisotopic (exact) mass is 546 g/mol. The van der Waals surface area contributed by atoms with E-state index in [0.717, 1.165) is 39.5 Å². The largest absolute Gasteiger partial charge is 0.269 e. The van der Waals surface area contributed by atoms with Crippen molar-refractivity contribution < 1.29 is 4.92 Å². The van der Waals surface area contributed by atoms with Crippen molar-refractivity contribution in [2.75, 3.05) is 5.43 Å². The molecule has 0 spiro atoms. The third-order valence-electron chi connectivity index (χ3n) is 6.27. The van der Waals surface area contributed by atoms with Gasteiger partial charge in [0.25, 0.3) is 5.69 Å². The zero-order chi connectivity index (χ0) is 27.5. The van der Waals surface area contributed by atoms with Gasteiger partial charge in [-0.15, -0.1) is 11.3 Å². The van der Waals surface area contributed by atoms with Crippen LogP contribution >= 0.6 is 11.3 Å². The maximum absolute atomic E-state index is 10.9. The lowest BCUT2D eigenvalue weighted by atomic mass is 10.1. The summed E-state index contributed by atoms with van der Waals surface area (Å²) in [5, 5.41) is 27.4. The summed E-state index contributed by atoms with van der Waals surface area (Å²) in [6, 6.07) is 26.1. The molecule has 0 aliphatic heterocycles. The summed E-state index contributed by atoms with van der Waals surface area (Å²) in [6.45, 7) is 2.02. The van der Waals surface area contributed by atoms with Crippen molar-refractivity contribution in [2.45, 2.75) is 6.92 Å². The second-order valence-electron chi connectivity index (χ2n) is 8.82. The molecule has 0 saturated carbocycles. The molecule has 40 heavy (non-hydrogen) atoms. The number of nitrogens with zero attached hydrogens (tertiary/aromatic N) is 7. The molecule has 3 aromatic carbocycles. The van der Waals surface area contributed by atoms with E-state index in [1.165, 1.54) is 23.5 Å². The van der Waals surface area contributed by atoms with Crippen LogP contribution in [0.15, 0.2) is 108 Å². The number of thiazole rings is 1. The summed E-state index contributed by atoms with van der Waals surface area (Å²) in [7, 11) is 0. The zero-order valence-electron chi connectivity index (χ0n) is 21.2. The van der Waals surface area contributed by atoms with Crippen LogP contribution in [0.4, 0.5) is 10.8 Å². The van der Waals surface area contributed by atoms with E-state index in [9.17, 15) is 10.1 Å². The van der Waals surface area contributed by atoms with Crippen molar-refractivity contribution in [3.63, 3.8) is 0 Å². The van der Waals surface area contributed by atoms with E-state index in [-0.39, 0.29) is 5.69 Å². The molecule has 0 aliphatic rings. The number of rotatable bonds is 8. The van der Waals surface area contributed by atoms with Crippen LogP contribution in [0.25, 0.3) is 33.9 Å². The van der Waals surface area contributed by atoms with Gasteiger partial charge in [0.2, 0.25) is 5.13 Å². The molecular formula is C29H22N8O2S. The molecule has 196 valence electrons. The topological polar surface area (TPSA) is 116 Å². The van der Waals surface area contributed by atoms with Crippen LogP contribution in [0.2, 0.25) is 0 Å². The molecule has 1 N–H and O–H groups in total. The highest BCUT2D eigenvalue weighted by Crippen LogP contribution is 2.29. The molecule has 0 amide bonds. The van der Waals surface area contributed by atoms with Gasteiger partial charge in [-0.2, -0.15) is 15.3 Å². The molecular weight excluding hydrogens is 524 g/mol. The van der Waals surface area contributed by atoms with Gasteiger partial charge in [-0.05, 0) is 43.3 Å². The molecule has 0 radical (unpaired) electrons. The fraction of sp³-hybridized carbons (Fsp3) is 0.0345. The number of benzene rings is 3. The maximum atomic E-state index is 10.9. The Morgan fingerprint density at radius 3 is 2.38 bits per heavy atom. The third-order valence-corrected chi connectivity index (χ3v) is 7.02. The summed E-state index contributed by atoms with van der Waals surface area (Å²) in [6.07, 6.45) is 5.47. The number of para-hydroxylation sites is 2. The highest BCUT2D eigenvalue weighted by molar-refractivity contribution is 7.14. The number of non-ortho nitro benzene ring substituents is 1. The Morgan fingerprint density at radius 1 is 0.975 bits per heavy atom. The Hall–Kier alpha value is -5.42. The molecule has 0 atom stereocenters. The summed E-state index contributed by atoms with van der Waals surface area (Å²) in [5.41, 5.74) is 9.84. The fourth-order valence-electron chi connectivity index (χ4n) is 4.24. The predicted octanol–water partition coefficient (Wildman–Crippen LogP) is 6.51. The first-order valence-electron chi connectivity index (χ1n) is 12.3. The molecule has 11 heteroatoms. The van der Waals surface area contributed by atoms with Gasteiger partial charge in [-0.25, -0.2) is 14.3 Å². The minimum Gasteiger partial charge on any atom is -0.258 e. The number of aromatic nitrogens is 5. The van der Waals surface area contributed by atoms with E-state index in [4.69, 9.17) is 5.10 Å². The Bertz CT molecular complexity index is 1810. The van der Waals surface area contributed by atoms with Gasteiger partial charge < -0.3 is 0 Å². The second-order valence-corrected chi connectivity index (χ2v) is 9.67. The SMILES string of the molecule is Cc1c(-c2nn(-c3ccccc3)cc2/C=N/Nc2nc(-c3ccc([N+](=O)[O-])cc3)cs2)cnn1-c1ccccc1. The van der Waals surface area contributed by atoms with Crippen LogP contribution in [0, 0.1) is 17.0 Å². The van der Waals surface area contributed by atoms with E-state index < -0.39 is 4.92 Å². The van der Waals surface area contributed by atoms with E-state index in [1.54, 1.807) is 18.3 Å². The molecule has 0 saturated heterocycles. The molecule has 0 fully saturated rings. The third kappa shape index (κ3) is 5.00. The van der Waals surface area contributed by atoms with Gasteiger partial charge in [0, 0.05) is 40.4 Å². The number of anilines is 1. The Labute approximate surface area is 233 Å². The summed E-state index contributed by atoms with van der Waals surface area (Å²) < 4.78 is 3.72. The van der Waals surface area contributed by atoms with E-state index in [1.807, 2.05) is 94.7 Å². The standard InChI is InChI=1S/C29H22N8O2S/c1-20-26(17-31-36(20)24-10-6-3-7-11-24)28-22(18-35(34-28)23-8-4-2-5-9-23)16-30-33-29-32-27(19-40-29)21-12-14-25(15-13-21)37(38)39/h2-19H,1H3,(H,32,33)/b30-16+. The lowest BCUT2D eigenvalue weighted by molar-refractivity contribution is -0.384. The van der Waals surface area contributed by atoms with Crippen molar-refractivity contribution in [1.82, 2.24) is 24.5 Å². The first kappa shape index (κ1) is 24.9. The van der Waals surface area contributed by atoms with Gasteiger partial charge in [0.05, 0.1) is 40.1 Å². The Morgan fingerprint density at radius 2 is 1.68 bits per heavy atom. The molecule has 0 aliphatic carbocycles. The smallest absolute Gasteiger partial charge is 0.258 e. The maximum Gasteiger partial charge on any atom is 0.269 e. The molecule has 6 aromatic rings. The van der Waals surface area contributed by atoms with Crippen molar-refractivity contribution in [3.8, 4) is 33.9 Å². The Kier molecular flexibility index (Phi) is 6.69. The van der Waals surface area contributed by atoms with Gasteiger partial charge in [-0.1, -0.05) is 36.4 Å². The van der Waals surface area contributed by atoms with Gasteiger partial charge in [0.15, 0.2) is 0 Å². The first-order chi connectivity index (χ1) is 19.6. The fourth-order valence-corrected chi connectivity index (χ4v) is 4.91. The van der Waals surface area contributed by atoms with Crippen molar-refractivity contribution >= 4 is 28.4 Å². The number of hydrazone groups is 1. The summed E-state index contributed by atoms with van der Waals surface area (Å²) >= 11 is 1.39. The van der Waals surface area contributed by atoms with Crippen molar-refractivity contribution in [3.05, 3.63) is 124 Å². The van der Waals surface area contributed by atoms with Crippen LogP contribution in [0.3, 0.4) is 0 Å². The van der Waals surface area contributed by atoms with Crippen molar-refractivity contribution in [2.24, 2.45) is 5.10 Å². The lowest BCUT2D eigenvalue weighted by Crippen LogP contribution is -1.99. The van der Waals surface area contributed by atoms with E-state index in [0.29, 0.717) is 10.8 Å². The van der Waals surface area contributed by atoms with Gasteiger partial charge >= 0.3 is 0 Å². The van der Waals surface area contributed by atoms with E-state index >= 15 is 0 Å². The quantitative estimate of drug-likeness (QED) is 0.132. The van der Waals surface area contributed by atoms with Crippen LogP contribution in [0.1, 0.15) is 11.3 Å². The van der Waals surface area contributed by atoms with Crippen LogP contribution in [-0.2, 0) is 0 Å². The lowest BCUT2D eigenvalue weighted by Gasteiger charge is -2.05. The highest BCUT2D eigenvalue weighted by atomic mass is 32.1. The molecule has 6 rings (SSSR count). The van der Waals surface area contributed by atoms with Crippen LogP contribution < -0.4 is 5.43 Å². The minimum absolute atomic E-state index is 0.0401. The summed E-state index contributed by atoms with van der Waals surface area (Å²) in [5.74, 6) is 0. The molecule has 10 nitrogen and oxygen atoms in total. The highest BCUT2D eigenvalue weighted by Gasteiger charge is 2.17. The van der Waals surface area contributed by atoms with E-state index in [2.05, 4.69) is 20.6 Å². The first-order valence-corrected chi connectivity index (χ1v) is 13.2. The molecule has 0 unspecified atom stereocenters.